The summed E-state index contributed by atoms with van der Waals surface area (Å²) in [7, 11) is -3.18. The van der Waals surface area contributed by atoms with Crippen LogP contribution < -0.4 is 4.90 Å². The molecule has 2 saturated heterocycles. The lowest BCUT2D eigenvalue weighted by Gasteiger charge is -2.31. The maximum absolute atomic E-state index is 12.3. The first-order chi connectivity index (χ1) is 12.1. The molecular formula is C17H26N4O3S. The minimum atomic E-state index is -3.18. The Morgan fingerprint density at radius 3 is 2.64 bits per heavy atom. The molecule has 1 aromatic heterocycles. The predicted molar refractivity (Wildman–Crippen MR) is 97.2 cm³/mol. The van der Waals surface area contributed by atoms with Crippen LogP contribution in [0.2, 0.25) is 0 Å². The number of morpholine rings is 1. The van der Waals surface area contributed by atoms with Gasteiger partial charge in [-0.3, -0.25) is 0 Å². The number of piperidine rings is 1. The maximum atomic E-state index is 12.3. The topological polar surface area (TPSA) is 75.6 Å². The van der Waals surface area contributed by atoms with Crippen LogP contribution in [-0.4, -0.2) is 67.8 Å². The van der Waals surface area contributed by atoms with Crippen LogP contribution in [0.25, 0.3) is 0 Å². The van der Waals surface area contributed by atoms with Crippen molar-refractivity contribution < 1.29 is 13.2 Å². The summed E-state index contributed by atoms with van der Waals surface area (Å²) in [5, 5.41) is 0. The van der Waals surface area contributed by atoms with Crippen LogP contribution in [0.3, 0.4) is 0 Å². The van der Waals surface area contributed by atoms with Gasteiger partial charge in [-0.2, -0.15) is 0 Å². The lowest BCUT2D eigenvalue weighted by atomic mass is 9.97. The van der Waals surface area contributed by atoms with E-state index in [1.165, 1.54) is 0 Å². The van der Waals surface area contributed by atoms with E-state index < -0.39 is 10.0 Å². The Morgan fingerprint density at radius 2 is 1.96 bits per heavy atom. The number of hydrogen-bond acceptors (Lipinski definition) is 6. The molecule has 1 aromatic rings. The van der Waals surface area contributed by atoms with Crippen molar-refractivity contribution in [3.8, 4) is 0 Å². The smallest absolute Gasteiger partial charge is 0.214 e. The first-order valence-corrected chi connectivity index (χ1v) is 10.5. The van der Waals surface area contributed by atoms with E-state index in [9.17, 15) is 8.42 Å². The summed E-state index contributed by atoms with van der Waals surface area (Å²) < 4.78 is 31.5. The molecule has 2 aliphatic rings. The van der Waals surface area contributed by atoms with Crippen LogP contribution >= 0.6 is 0 Å². The van der Waals surface area contributed by atoms with E-state index in [2.05, 4.69) is 16.5 Å². The van der Waals surface area contributed by atoms with Crippen LogP contribution in [0.15, 0.2) is 24.9 Å². The average Bonchev–Trinajstić information content (AvgIpc) is 2.67. The number of ether oxygens (including phenoxy) is 1. The molecule has 0 saturated carbocycles. The highest BCUT2D eigenvalue weighted by molar-refractivity contribution is 7.89. The molecule has 2 fully saturated rings. The fourth-order valence-electron chi connectivity index (χ4n) is 3.28. The fourth-order valence-corrected chi connectivity index (χ4v) is 4.77. The van der Waals surface area contributed by atoms with E-state index in [-0.39, 0.29) is 11.7 Å². The van der Waals surface area contributed by atoms with Crippen molar-refractivity contribution in [2.24, 2.45) is 0 Å². The number of allylic oxidation sites excluding steroid dienone is 1. The molecule has 0 aliphatic carbocycles. The molecule has 7 nitrogen and oxygen atoms in total. The molecule has 2 aliphatic heterocycles. The monoisotopic (exact) mass is 366 g/mol. The van der Waals surface area contributed by atoms with Gasteiger partial charge < -0.3 is 9.64 Å². The third kappa shape index (κ3) is 4.56. The van der Waals surface area contributed by atoms with Gasteiger partial charge in [0.2, 0.25) is 10.0 Å². The first-order valence-electron chi connectivity index (χ1n) is 8.84. The molecule has 0 spiro atoms. The lowest BCUT2D eigenvalue weighted by Crippen LogP contribution is -2.39. The van der Waals surface area contributed by atoms with Crippen LogP contribution in [0.4, 0.5) is 5.82 Å². The van der Waals surface area contributed by atoms with Crippen molar-refractivity contribution in [2.75, 3.05) is 50.0 Å². The zero-order valence-corrected chi connectivity index (χ0v) is 15.3. The minimum absolute atomic E-state index is 0.143. The molecule has 8 heteroatoms. The van der Waals surface area contributed by atoms with Crippen LogP contribution in [0.1, 0.15) is 31.0 Å². The van der Waals surface area contributed by atoms with Gasteiger partial charge in [0.05, 0.1) is 19.0 Å². The van der Waals surface area contributed by atoms with Crippen molar-refractivity contribution in [1.82, 2.24) is 14.3 Å². The quantitative estimate of drug-likeness (QED) is 0.709. The number of rotatable bonds is 6. The Labute approximate surface area is 149 Å². The van der Waals surface area contributed by atoms with E-state index in [1.54, 1.807) is 16.6 Å². The Hall–Kier alpha value is -1.51. The van der Waals surface area contributed by atoms with E-state index in [0.717, 1.165) is 50.8 Å². The zero-order chi connectivity index (χ0) is 17.7. The highest BCUT2D eigenvalue weighted by Crippen LogP contribution is 2.28. The number of nitrogens with zero attached hydrogens (tertiary/aromatic N) is 4. The molecule has 0 N–H and O–H groups in total. The summed E-state index contributed by atoms with van der Waals surface area (Å²) in [5.41, 5.74) is 0. The molecular weight excluding hydrogens is 340 g/mol. The van der Waals surface area contributed by atoms with Crippen molar-refractivity contribution in [2.45, 2.75) is 25.2 Å². The molecule has 25 heavy (non-hydrogen) atoms. The van der Waals surface area contributed by atoms with Crippen molar-refractivity contribution in [1.29, 1.82) is 0 Å². The van der Waals surface area contributed by atoms with Gasteiger partial charge in [-0.1, -0.05) is 6.08 Å². The molecule has 3 rings (SSSR count). The standard InChI is InChI=1S/C17H26N4O3S/c1-2-3-14-25(22,23)21-8-5-15(6-9-21)17-18-7-4-16(19-17)20-10-12-24-13-11-20/h2,4,7,15H,1,3,5-6,8-14H2. The molecule has 0 atom stereocenters. The molecule has 0 aromatic carbocycles. The zero-order valence-electron chi connectivity index (χ0n) is 14.5. The van der Waals surface area contributed by atoms with Gasteiger partial charge in [0, 0.05) is 38.3 Å². The van der Waals surface area contributed by atoms with Crippen molar-refractivity contribution in [3.63, 3.8) is 0 Å². The Kier molecular flexibility index (Phi) is 6.03. The van der Waals surface area contributed by atoms with Gasteiger partial charge in [0.15, 0.2) is 0 Å². The normalized spacial score (nSPS) is 20.6. The summed E-state index contributed by atoms with van der Waals surface area (Å²) in [6, 6.07) is 1.93. The SMILES string of the molecule is C=CCCS(=O)(=O)N1CCC(c2nccc(N3CCOCC3)n2)CC1. The second kappa shape index (κ2) is 8.25. The Bertz CT molecular complexity index is 681. The number of hydrogen-bond donors (Lipinski definition) is 0. The number of anilines is 1. The van der Waals surface area contributed by atoms with Gasteiger partial charge in [-0.25, -0.2) is 22.7 Å². The Morgan fingerprint density at radius 1 is 1.24 bits per heavy atom. The summed E-state index contributed by atoms with van der Waals surface area (Å²) in [6.07, 6.45) is 5.47. The van der Waals surface area contributed by atoms with Crippen molar-refractivity contribution >= 4 is 15.8 Å². The van der Waals surface area contributed by atoms with E-state index >= 15 is 0 Å². The van der Waals surface area contributed by atoms with Gasteiger partial charge in [-0.05, 0) is 25.3 Å². The summed E-state index contributed by atoms with van der Waals surface area (Å²) >= 11 is 0. The maximum Gasteiger partial charge on any atom is 0.214 e. The largest absolute Gasteiger partial charge is 0.378 e. The Balaban J connectivity index is 1.62. The molecule has 0 bridgehead atoms. The predicted octanol–water partition coefficient (Wildman–Crippen LogP) is 1.40. The minimum Gasteiger partial charge on any atom is -0.378 e. The molecule has 0 unspecified atom stereocenters. The fraction of sp³-hybridized carbons (Fsp3) is 0.647. The highest BCUT2D eigenvalue weighted by atomic mass is 32.2. The van der Waals surface area contributed by atoms with Gasteiger partial charge >= 0.3 is 0 Å². The lowest BCUT2D eigenvalue weighted by molar-refractivity contribution is 0.122. The van der Waals surface area contributed by atoms with Crippen LogP contribution in [0, 0.1) is 0 Å². The van der Waals surface area contributed by atoms with Crippen LogP contribution in [-0.2, 0) is 14.8 Å². The molecule has 0 amide bonds. The second-order valence-electron chi connectivity index (χ2n) is 6.44. The molecule has 3 heterocycles. The first kappa shape index (κ1) is 18.3. The number of sulfonamides is 1. The van der Waals surface area contributed by atoms with Gasteiger partial charge in [0.1, 0.15) is 11.6 Å². The summed E-state index contributed by atoms with van der Waals surface area (Å²) in [6.45, 7) is 7.80. The van der Waals surface area contributed by atoms with E-state index in [0.29, 0.717) is 19.5 Å². The van der Waals surface area contributed by atoms with Gasteiger partial charge in [0.25, 0.3) is 0 Å². The van der Waals surface area contributed by atoms with E-state index in [4.69, 9.17) is 9.72 Å². The summed E-state index contributed by atoms with van der Waals surface area (Å²) in [5.74, 6) is 2.12. The molecule has 0 radical (unpaired) electrons. The van der Waals surface area contributed by atoms with E-state index in [1.807, 2.05) is 6.07 Å². The average molecular weight is 366 g/mol. The summed E-state index contributed by atoms with van der Waals surface area (Å²) in [4.78, 5) is 11.4. The third-order valence-corrected chi connectivity index (χ3v) is 6.69. The third-order valence-electron chi connectivity index (χ3n) is 4.79. The van der Waals surface area contributed by atoms with Crippen LogP contribution in [0.5, 0.6) is 0 Å². The van der Waals surface area contributed by atoms with Gasteiger partial charge in [-0.15, -0.1) is 6.58 Å². The second-order valence-corrected chi connectivity index (χ2v) is 8.53. The highest BCUT2D eigenvalue weighted by Gasteiger charge is 2.29. The van der Waals surface area contributed by atoms with Crippen molar-refractivity contribution in [3.05, 3.63) is 30.7 Å². The molecule has 138 valence electrons. The number of aromatic nitrogens is 2.